The Morgan fingerprint density at radius 2 is 2.31 bits per heavy atom. The van der Waals surface area contributed by atoms with E-state index in [1.54, 1.807) is 19.1 Å². The lowest BCUT2D eigenvalue weighted by molar-refractivity contribution is 0.112. The topological polar surface area (TPSA) is 43.1 Å². The molecule has 1 heterocycles. The molecule has 66 valence electrons. The minimum absolute atomic E-state index is 0.573. The number of carbonyl (C=O) groups is 1. The van der Waals surface area contributed by atoms with Crippen LogP contribution in [0.5, 0.6) is 0 Å². The quantitative estimate of drug-likeness (QED) is 0.719. The van der Waals surface area contributed by atoms with Gasteiger partial charge in [0.15, 0.2) is 17.8 Å². The van der Waals surface area contributed by atoms with Gasteiger partial charge in [-0.25, -0.2) is 4.98 Å². The molecule has 0 spiro atoms. The summed E-state index contributed by atoms with van der Waals surface area (Å²) in [5, 5.41) is 0. The molecule has 2 rings (SSSR count). The predicted octanol–water partition coefficient (Wildman–Crippen LogP) is 2.71. The second kappa shape index (κ2) is 2.96. The Morgan fingerprint density at radius 3 is 3.00 bits per heavy atom. The number of rotatable bonds is 1. The first-order valence-electron chi connectivity index (χ1n) is 3.72. The molecule has 0 atom stereocenters. The van der Waals surface area contributed by atoms with Crippen molar-refractivity contribution < 1.29 is 9.21 Å². The zero-order valence-corrected chi connectivity index (χ0v) is 8.46. The number of carbonyl (C=O) groups excluding carboxylic acids is 1. The van der Waals surface area contributed by atoms with Crippen LogP contribution in [-0.2, 0) is 0 Å². The summed E-state index contributed by atoms with van der Waals surface area (Å²) < 4.78 is 6.01. The summed E-state index contributed by atoms with van der Waals surface area (Å²) in [4.78, 5) is 14.7. The summed E-state index contributed by atoms with van der Waals surface area (Å²) in [5.41, 5.74) is 1.97. The van der Waals surface area contributed by atoms with E-state index in [1.165, 1.54) is 0 Å². The molecular formula is C9H6BrNO2. The largest absolute Gasteiger partial charge is 0.441 e. The van der Waals surface area contributed by atoms with Gasteiger partial charge in [0.1, 0.15) is 5.52 Å². The average molecular weight is 240 g/mol. The Hall–Kier alpha value is -1.16. The van der Waals surface area contributed by atoms with Crippen molar-refractivity contribution in [2.75, 3.05) is 0 Å². The van der Waals surface area contributed by atoms with Crippen LogP contribution in [0.3, 0.4) is 0 Å². The zero-order valence-electron chi connectivity index (χ0n) is 6.87. The molecule has 0 aliphatic rings. The van der Waals surface area contributed by atoms with E-state index in [0.717, 1.165) is 16.3 Å². The highest BCUT2D eigenvalue weighted by Gasteiger charge is 2.06. The lowest BCUT2D eigenvalue weighted by atomic mass is 10.2. The summed E-state index contributed by atoms with van der Waals surface area (Å²) in [6.45, 7) is 1.77. The number of fused-ring (bicyclic) bond motifs is 1. The Morgan fingerprint density at radius 1 is 1.54 bits per heavy atom. The summed E-state index contributed by atoms with van der Waals surface area (Å²) in [6, 6.07) is 3.45. The van der Waals surface area contributed by atoms with Gasteiger partial charge in [0.05, 0.1) is 0 Å². The van der Waals surface area contributed by atoms with Gasteiger partial charge in [-0.05, 0) is 28.1 Å². The summed E-state index contributed by atoms with van der Waals surface area (Å²) in [5.74, 6) is 0.602. The van der Waals surface area contributed by atoms with E-state index >= 15 is 0 Å². The highest BCUT2D eigenvalue weighted by atomic mass is 79.9. The van der Waals surface area contributed by atoms with Crippen molar-refractivity contribution in [2.45, 2.75) is 6.92 Å². The number of aromatic nitrogens is 1. The summed E-state index contributed by atoms with van der Waals surface area (Å²) in [7, 11) is 0. The van der Waals surface area contributed by atoms with E-state index in [0.29, 0.717) is 17.0 Å². The number of nitrogens with zero attached hydrogens (tertiary/aromatic N) is 1. The highest BCUT2D eigenvalue weighted by Crippen LogP contribution is 2.23. The number of aryl methyl sites for hydroxylation is 1. The molecule has 0 aliphatic carbocycles. The third-order valence-electron chi connectivity index (χ3n) is 1.74. The second-order valence-electron chi connectivity index (χ2n) is 2.69. The summed E-state index contributed by atoms with van der Waals surface area (Å²) in [6.07, 6.45) is 0.779. The van der Waals surface area contributed by atoms with Crippen LogP contribution in [0.25, 0.3) is 11.1 Å². The van der Waals surface area contributed by atoms with Gasteiger partial charge in [0, 0.05) is 17.0 Å². The molecule has 4 heteroatoms. The van der Waals surface area contributed by atoms with Crippen LogP contribution in [-0.4, -0.2) is 11.3 Å². The number of benzene rings is 1. The lowest BCUT2D eigenvalue weighted by Crippen LogP contribution is -1.81. The van der Waals surface area contributed by atoms with Crippen molar-refractivity contribution in [3.8, 4) is 0 Å². The number of halogens is 1. The van der Waals surface area contributed by atoms with Crippen LogP contribution in [0.2, 0.25) is 0 Å². The van der Waals surface area contributed by atoms with Gasteiger partial charge in [0.25, 0.3) is 0 Å². The maximum absolute atomic E-state index is 10.6. The molecule has 0 saturated heterocycles. The Bertz CT molecular complexity index is 476. The third-order valence-corrected chi connectivity index (χ3v) is 2.43. The van der Waals surface area contributed by atoms with Crippen LogP contribution >= 0.6 is 15.9 Å². The highest BCUT2D eigenvalue weighted by molar-refractivity contribution is 9.10. The molecule has 13 heavy (non-hydrogen) atoms. The molecule has 0 saturated carbocycles. The monoisotopic (exact) mass is 239 g/mol. The maximum Gasteiger partial charge on any atom is 0.192 e. The Balaban J connectivity index is 2.79. The molecule has 0 amide bonds. The minimum atomic E-state index is 0.573. The van der Waals surface area contributed by atoms with Crippen LogP contribution in [0.4, 0.5) is 0 Å². The molecular weight excluding hydrogens is 234 g/mol. The number of hydrogen-bond acceptors (Lipinski definition) is 3. The molecule has 3 nitrogen and oxygen atoms in total. The molecule has 2 aromatic rings. The van der Waals surface area contributed by atoms with Gasteiger partial charge >= 0.3 is 0 Å². The van der Waals surface area contributed by atoms with E-state index in [2.05, 4.69) is 20.9 Å². The molecule has 0 fully saturated rings. The van der Waals surface area contributed by atoms with Crippen LogP contribution in [0.15, 0.2) is 21.0 Å². The molecule has 0 unspecified atom stereocenters. The van der Waals surface area contributed by atoms with Gasteiger partial charge in [-0.15, -0.1) is 0 Å². The number of aldehydes is 1. The fourth-order valence-electron chi connectivity index (χ4n) is 1.17. The normalized spacial score (nSPS) is 10.6. The molecule has 0 N–H and O–H groups in total. The third kappa shape index (κ3) is 1.37. The van der Waals surface area contributed by atoms with Gasteiger partial charge in [-0.1, -0.05) is 0 Å². The molecule has 0 bridgehead atoms. The smallest absolute Gasteiger partial charge is 0.192 e. The lowest BCUT2D eigenvalue weighted by Gasteiger charge is -1.93. The first-order chi connectivity index (χ1) is 6.20. The van der Waals surface area contributed by atoms with Gasteiger partial charge in [-0.2, -0.15) is 0 Å². The van der Waals surface area contributed by atoms with E-state index in [-0.39, 0.29) is 0 Å². The van der Waals surface area contributed by atoms with Crippen molar-refractivity contribution in [2.24, 2.45) is 0 Å². The fraction of sp³-hybridized carbons (Fsp3) is 0.111. The second-order valence-corrected chi connectivity index (χ2v) is 3.55. The van der Waals surface area contributed by atoms with Crippen LogP contribution < -0.4 is 0 Å². The SMILES string of the molecule is Cc1nc2cc(Br)c(C=O)cc2o1. The van der Waals surface area contributed by atoms with E-state index < -0.39 is 0 Å². The Labute approximate surface area is 82.9 Å². The first kappa shape index (κ1) is 8.44. The zero-order chi connectivity index (χ0) is 9.42. The first-order valence-corrected chi connectivity index (χ1v) is 4.52. The van der Waals surface area contributed by atoms with Gasteiger partial charge in [-0.3, -0.25) is 4.79 Å². The Kier molecular flexibility index (Phi) is 1.92. The predicted molar refractivity (Wildman–Crippen MR) is 51.8 cm³/mol. The maximum atomic E-state index is 10.6. The van der Waals surface area contributed by atoms with Crippen molar-refractivity contribution in [1.82, 2.24) is 4.98 Å². The van der Waals surface area contributed by atoms with Crippen molar-refractivity contribution in [3.63, 3.8) is 0 Å². The molecule has 0 aliphatic heterocycles. The van der Waals surface area contributed by atoms with Crippen LogP contribution in [0.1, 0.15) is 16.2 Å². The minimum Gasteiger partial charge on any atom is -0.441 e. The summed E-state index contributed by atoms with van der Waals surface area (Å²) >= 11 is 3.27. The van der Waals surface area contributed by atoms with Crippen LogP contribution in [0, 0.1) is 6.92 Å². The van der Waals surface area contributed by atoms with E-state index in [1.807, 2.05) is 0 Å². The van der Waals surface area contributed by atoms with Crippen molar-refractivity contribution >= 4 is 33.3 Å². The molecule has 1 aromatic carbocycles. The fourth-order valence-corrected chi connectivity index (χ4v) is 1.59. The average Bonchev–Trinajstić information content (AvgIpc) is 2.42. The number of oxazole rings is 1. The standard InChI is InChI=1S/C9H6BrNO2/c1-5-11-8-3-7(10)6(4-12)2-9(8)13-5/h2-4H,1H3. The van der Waals surface area contributed by atoms with E-state index in [9.17, 15) is 4.79 Å². The van der Waals surface area contributed by atoms with Gasteiger partial charge in [0.2, 0.25) is 0 Å². The van der Waals surface area contributed by atoms with Crippen molar-refractivity contribution in [1.29, 1.82) is 0 Å². The molecule has 1 aromatic heterocycles. The van der Waals surface area contributed by atoms with Gasteiger partial charge < -0.3 is 4.42 Å². The number of hydrogen-bond donors (Lipinski definition) is 0. The molecule has 0 radical (unpaired) electrons. The van der Waals surface area contributed by atoms with E-state index in [4.69, 9.17) is 4.42 Å². The van der Waals surface area contributed by atoms with Crippen molar-refractivity contribution in [3.05, 3.63) is 28.1 Å².